The number of nitrogens with one attached hydrogen (secondary N) is 2. The van der Waals surface area contributed by atoms with Crippen LogP contribution < -0.4 is 5.32 Å². The summed E-state index contributed by atoms with van der Waals surface area (Å²) in [6.07, 6.45) is 7.92. The third-order valence-electron chi connectivity index (χ3n) is 4.58. The highest BCUT2D eigenvalue weighted by atomic mass is 15.2. The molecule has 0 saturated carbocycles. The van der Waals surface area contributed by atoms with E-state index < -0.39 is 0 Å². The van der Waals surface area contributed by atoms with E-state index in [1.54, 1.807) is 0 Å². The number of likely N-dealkylation sites (tertiary alicyclic amines) is 1. The molecule has 0 aromatic carbocycles. The van der Waals surface area contributed by atoms with Gasteiger partial charge in [0.15, 0.2) is 0 Å². The van der Waals surface area contributed by atoms with Crippen LogP contribution in [0.25, 0.3) is 0 Å². The lowest BCUT2D eigenvalue weighted by atomic mass is 10.1. The standard InChI is InChI=1S/C19H22N6/c1-14-4-2-6-17(23-14)24-18-12-15(7-8-20-18)16-5-3-11-25(16)13-19-21-9-10-22-19/h2,4,6-10,12,16H,3,5,11,13H2,1H3,(H,21,22)(H,20,23,24)/t16-/m1/s1. The van der Waals surface area contributed by atoms with E-state index in [0.29, 0.717) is 6.04 Å². The Morgan fingerprint density at radius 1 is 1.20 bits per heavy atom. The second-order valence-electron chi connectivity index (χ2n) is 6.43. The van der Waals surface area contributed by atoms with Crippen molar-refractivity contribution in [3.63, 3.8) is 0 Å². The van der Waals surface area contributed by atoms with Crippen LogP contribution >= 0.6 is 0 Å². The van der Waals surface area contributed by atoms with Crippen molar-refractivity contribution in [2.75, 3.05) is 11.9 Å². The van der Waals surface area contributed by atoms with E-state index in [4.69, 9.17) is 0 Å². The zero-order valence-electron chi connectivity index (χ0n) is 14.3. The third-order valence-corrected chi connectivity index (χ3v) is 4.58. The van der Waals surface area contributed by atoms with Gasteiger partial charge in [-0.15, -0.1) is 0 Å². The van der Waals surface area contributed by atoms with E-state index in [0.717, 1.165) is 42.7 Å². The molecule has 4 rings (SSSR count). The van der Waals surface area contributed by atoms with Gasteiger partial charge in [-0.25, -0.2) is 15.0 Å². The first-order valence-corrected chi connectivity index (χ1v) is 8.67. The summed E-state index contributed by atoms with van der Waals surface area (Å²) in [6.45, 7) is 3.93. The zero-order chi connectivity index (χ0) is 17.1. The van der Waals surface area contributed by atoms with Crippen molar-refractivity contribution in [1.82, 2.24) is 24.8 Å². The Bertz CT molecular complexity index is 829. The molecule has 0 bridgehead atoms. The van der Waals surface area contributed by atoms with Crippen molar-refractivity contribution < 1.29 is 0 Å². The van der Waals surface area contributed by atoms with Crippen molar-refractivity contribution in [2.45, 2.75) is 32.4 Å². The minimum Gasteiger partial charge on any atom is -0.348 e. The lowest BCUT2D eigenvalue weighted by Crippen LogP contribution is -2.23. The SMILES string of the molecule is Cc1cccc(Nc2cc([C@H]3CCCN3Cc3ncc[nH]3)ccn2)n1. The number of aryl methyl sites for hydroxylation is 1. The molecule has 0 unspecified atom stereocenters. The Morgan fingerprint density at radius 3 is 3.00 bits per heavy atom. The lowest BCUT2D eigenvalue weighted by Gasteiger charge is -2.24. The number of rotatable bonds is 5. The van der Waals surface area contributed by atoms with Gasteiger partial charge in [0.25, 0.3) is 0 Å². The Balaban J connectivity index is 1.52. The lowest BCUT2D eigenvalue weighted by molar-refractivity contribution is 0.243. The number of nitrogens with zero attached hydrogens (tertiary/aromatic N) is 4. The van der Waals surface area contributed by atoms with E-state index in [9.17, 15) is 0 Å². The normalized spacial score (nSPS) is 17.7. The van der Waals surface area contributed by atoms with Crippen LogP contribution in [0.5, 0.6) is 0 Å². The van der Waals surface area contributed by atoms with E-state index in [-0.39, 0.29) is 0 Å². The van der Waals surface area contributed by atoms with Crippen LogP contribution in [-0.2, 0) is 6.54 Å². The summed E-state index contributed by atoms with van der Waals surface area (Å²) in [7, 11) is 0. The maximum Gasteiger partial charge on any atom is 0.131 e. The van der Waals surface area contributed by atoms with Crippen molar-refractivity contribution in [2.24, 2.45) is 0 Å². The Kier molecular flexibility index (Phi) is 4.43. The molecular formula is C19H22N6. The highest BCUT2D eigenvalue weighted by molar-refractivity contribution is 5.52. The first kappa shape index (κ1) is 15.8. The monoisotopic (exact) mass is 334 g/mol. The van der Waals surface area contributed by atoms with Crippen LogP contribution in [0.1, 0.15) is 36.0 Å². The zero-order valence-corrected chi connectivity index (χ0v) is 14.3. The number of hydrogen-bond donors (Lipinski definition) is 2. The fraction of sp³-hybridized carbons (Fsp3) is 0.316. The summed E-state index contributed by atoms with van der Waals surface area (Å²) in [5.41, 5.74) is 2.27. The van der Waals surface area contributed by atoms with Crippen LogP contribution in [0.15, 0.2) is 48.9 Å². The molecule has 0 amide bonds. The summed E-state index contributed by atoms with van der Waals surface area (Å²) in [5, 5.41) is 3.31. The maximum absolute atomic E-state index is 4.49. The summed E-state index contributed by atoms with van der Waals surface area (Å²) in [4.78, 5) is 19.0. The molecule has 1 atom stereocenters. The quantitative estimate of drug-likeness (QED) is 0.746. The molecule has 1 aliphatic heterocycles. The fourth-order valence-electron chi connectivity index (χ4n) is 3.44. The second kappa shape index (κ2) is 7.03. The third kappa shape index (κ3) is 3.69. The Labute approximate surface area is 147 Å². The fourth-order valence-corrected chi connectivity index (χ4v) is 3.44. The first-order valence-electron chi connectivity index (χ1n) is 8.67. The summed E-state index contributed by atoms with van der Waals surface area (Å²) in [5.74, 6) is 2.67. The van der Waals surface area contributed by atoms with Gasteiger partial charge < -0.3 is 10.3 Å². The molecule has 0 aliphatic carbocycles. The molecule has 1 fully saturated rings. The molecule has 0 radical (unpaired) electrons. The van der Waals surface area contributed by atoms with E-state index in [1.165, 1.54) is 12.0 Å². The van der Waals surface area contributed by atoms with Crippen molar-refractivity contribution in [3.8, 4) is 0 Å². The van der Waals surface area contributed by atoms with Crippen LogP contribution in [0.4, 0.5) is 11.6 Å². The smallest absolute Gasteiger partial charge is 0.131 e. The number of hydrogen-bond acceptors (Lipinski definition) is 5. The van der Waals surface area contributed by atoms with Gasteiger partial charge in [-0.1, -0.05) is 6.07 Å². The predicted molar refractivity (Wildman–Crippen MR) is 97.5 cm³/mol. The van der Waals surface area contributed by atoms with Gasteiger partial charge in [-0.2, -0.15) is 0 Å². The molecule has 1 saturated heterocycles. The number of pyridine rings is 2. The van der Waals surface area contributed by atoms with Crippen LogP contribution in [0.3, 0.4) is 0 Å². The molecule has 128 valence electrons. The van der Waals surface area contributed by atoms with Crippen LogP contribution in [0, 0.1) is 6.92 Å². The summed E-state index contributed by atoms with van der Waals surface area (Å²) < 4.78 is 0. The molecule has 4 heterocycles. The Morgan fingerprint density at radius 2 is 2.16 bits per heavy atom. The van der Waals surface area contributed by atoms with Crippen LogP contribution in [-0.4, -0.2) is 31.4 Å². The van der Waals surface area contributed by atoms with Gasteiger partial charge in [-0.05, 0) is 56.1 Å². The highest BCUT2D eigenvalue weighted by Gasteiger charge is 2.26. The van der Waals surface area contributed by atoms with E-state index >= 15 is 0 Å². The molecular weight excluding hydrogens is 312 g/mol. The van der Waals surface area contributed by atoms with Crippen molar-refractivity contribution >= 4 is 11.6 Å². The van der Waals surface area contributed by atoms with Gasteiger partial charge in [0.05, 0.1) is 6.54 Å². The topological polar surface area (TPSA) is 69.7 Å². The molecule has 6 nitrogen and oxygen atoms in total. The number of aromatic nitrogens is 4. The molecule has 6 heteroatoms. The average Bonchev–Trinajstić information content (AvgIpc) is 3.27. The number of imidazole rings is 1. The van der Waals surface area contributed by atoms with Gasteiger partial charge in [-0.3, -0.25) is 4.90 Å². The van der Waals surface area contributed by atoms with E-state index in [2.05, 4.69) is 42.3 Å². The number of anilines is 2. The van der Waals surface area contributed by atoms with Crippen molar-refractivity contribution in [3.05, 3.63) is 66.0 Å². The van der Waals surface area contributed by atoms with Gasteiger partial charge >= 0.3 is 0 Å². The average molecular weight is 334 g/mol. The summed E-state index contributed by atoms with van der Waals surface area (Å²) in [6, 6.07) is 10.6. The largest absolute Gasteiger partial charge is 0.348 e. The first-order chi connectivity index (χ1) is 12.3. The number of H-pyrrole nitrogens is 1. The molecule has 3 aromatic rings. The Hall–Kier alpha value is -2.73. The van der Waals surface area contributed by atoms with Gasteiger partial charge in [0, 0.05) is 30.3 Å². The number of aromatic amines is 1. The molecule has 3 aromatic heterocycles. The summed E-state index contributed by atoms with van der Waals surface area (Å²) >= 11 is 0. The maximum atomic E-state index is 4.49. The van der Waals surface area contributed by atoms with Crippen molar-refractivity contribution in [1.29, 1.82) is 0 Å². The predicted octanol–water partition coefficient (Wildman–Crippen LogP) is 3.59. The molecule has 0 spiro atoms. The van der Waals surface area contributed by atoms with Crippen LogP contribution in [0.2, 0.25) is 0 Å². The van der Waals surface area contributed by atoms with E-state index in [1.807, 2.05) is 43.7 Å². The second-order valence-corrected chi connectivity index (χ2v) is 6.43. The van der Waals surface area contributed by atoms with Gasteiger partial charge in [0.1, 0.15) is 17.5 Å². The minimum atomic E-state index is 0.402. The van der Waals surface area contributed by atoms with Gasteiger partial charge in [0.2, 0.25) is 0 Å². The highest BCUT2D eigenvalue weighted by Crippen LogP contribution is 2.33. The minimum absolute atomic E-state index is 0.402. The molecule has 25 heavy (non-hydrogen) atoms. The molecule has 2 N–H and O–H groups in total. The molecule has 1 aliphatic rings.